The molecule has 0 saturated heterocycles. The Hall–Kier alpha value is -1.13. The first kappa shape index (κ1) is 18.9. The molecule has 0 aliphatic heterocycles. The lowest BCUT2D eigenvalue weighted by Crippen LogP contribution is -2.34. The quantitative estimate of drug-likeness (QED) is 0.909. The zero-order valence-corrected chi connectivity index (χ0v) is 13.3. The molecule has 3 nitrogen and oxygen atoms in total. The van der Waals surface area contributed by atoms with Gasteiger partial charge in [0, 0.05) is 25.2 Å². The molecule has 0 heterocycles. The maximum absolute atomic E-state index is 13.2. The zero-order valence-electron chi connectivity index (χ0n) is 12.5. The Balaban J connectivity index is 0.00000361. The van der Waals surface area contributed by atoms with Gasteiger partial charge in [-0.25, -0.2) is 4.39 Å². The standard InChI is InChI=1S/C15H23FN2O.ClH/c1-10(2)14(17)7-8-18(4)15(19)13-9-12(16)6-5-11(13)3;/h5-6,9-10,14H,7-8,17H2,1-4H3;1H. The van der Waals surface area contributed by atoms with Crippen LogP contribution in [0.3, 0.4) is 0 Å². The summed E-state index contributed by atoms with van der Waals surface area (Å²) in [4.78, 5) is 13.8. The minimum atomic E-state index is -0.388. The summed E-state index contributed by atoms with van der Waals surface area (Å²) in [5.41, 5.74) is 7.16. The van der Waals surface area contributed by atoms with Crippen LogP contribution in [0.25, 0.3) is 0 Å². The molecule has 0 aromatic heterocycles. The van der Waals surface area contributed by atoms with Gasteiger partial charge in [-0.2, -0.15) is 0 Å². The highest BCUT2D eigenvalue weighted by Crippen LogP contribution is 2.13. The van der Waals surface area contributed by atoms with Crippen molar-refractivity contribution in [2.24, 2.45) is 11.7 Å². The Morgan fingerprint density at radius 2 is 2.00 bits per heavy atom. The molecule has 0 spiro atoms. The number of aryl methyl sites for hydroxylation is 1. The first-order chi connectivity index (χ1) is 8.82. The lowest BCUT2D eigenvalue weighted by atomic mass is 10.0. The fourth-order valence-electron chi connectivity index (χ4n) is 1.81. The van der Waals surface area contributed by atoms with Gasteiger partial charge in [0.2, 0.25) is 0 Å². The predicted molar refractivity (Wildman–Crippen MR) is 82.8 cm³/mol. The van der Waals surface area contributed by atoms with Gasteiger partial charge in [0.25, 0.3) is 5.91 Å². The summed E-state index contributed by atoms with van der Waals surface area (Å²) in [6, 6.07) is 4.34. The number of carbonyl (C=O) groups is 1. The van der Waals surface area contributed by atoms with Crippen LogP contribution in [-0.2, 0) is 0 Å². The van der Waals surface area contributed by atoms with Gasteiger partial charge >= 0.3 is 0 Å². The van der Waals surface area contributed by atoms with Crippen LogP contribution in [0.5, 0.6) is 0 Å². The average molecular weight is 303 g/mol. The Bertz CT molecular complexity index is 451. The van der Waals surface area contributed by atoms with Crippen molar-refractivity contribution in [1.82, 2.24) is 4.90 Å². The second-order valence-corrected chi connectivity index (χ2v) is 5.38. The van der Waals surface area contributed by atoms with Gasteiger partial charge < -0.3 is 10.6 Å². The third-order valence-electron chi connectivity index (χ3n) is 3.43. The van der Waals surface area contributed by atoms with Crippen molar-refractivity contribution < 1.29 is 9.18 Å². The smallest absolute Gasteiger partial charge is 0.253 e. The van der Waals surface area contributed by atoms with Crippen LogP contribution in [0.1, 0.15) is 36.2 Å². The number of amides is 1. The topological polar surface area (TPSA) is 46.3 Å². The van der Waals surface area contributed by atoms with Gasteiger partial charge in [0.1, 0.15) is 5.82 Å². The molecule has 20 heavy (non-hydrogen) atoms. The fourth-order valence-corrected chi connectivity index (χ4v) is 1.81. The molecular weight excluding hydrogens is 279 g/mol. The van der Waals surface area contributed by atoms with E-state index in [0.29, 0.717) is 18.0 Å². The predicted octanol–water partition coefficient (Wildman–Crippen LogP) is 3.00. The number of rotatable bonds is 5. The van der Waals surface area contributed by atoms with E-state index in [1.807, 2.05) is 0 Å². The summed E-state index contributed by atoms with van der Waals surface area (Å²) in [6.45, 7) is 6.50. The lowest BCUT2D eigenvalue weighted by Gasteiger charge is -2.22. The number of nitrogens with zero attached hydrogens (tertiary/aromatic N) is 1. The van der Waals surface area contributed by atoms with Crippen LogP contribution in [0.2, 0.25) is 0 Å². The number of nitrogens with two attached hydrogens (primary N) is 1. The van der Waals surface area contributed by atoms with Crippen LogP contribution >= 0.6 is 12.4 Å². The summed E-state index contributed by atoms with van der Waals surface area (Å²) in [7, 11) is 1.72. The Labute approximate surface area is 126 Å². The Morgan fingerprint density at radius 3 is 2.55 bits per heavy atom. The highest BCUT2D eigenvalue weighted by Gasteiger charge is 2.16. The number of hydrogen-bond acceptors (Lipinski definition) is 2. The molecule has 1 rings (SSSR count). The second kappa shape index (κ2) is 8.22. The monoisotopic (exact) mass is 302 g/mol. The SMILES string of the molecule is Cc1ccc(F)cc1C(=O)N(C)CCC(N)C(C)C.Cl. The Morgan fingerprint density at radius 1 is 1.40 bits per heavy atom. The van der Waals surface area contributed by atoms with Crippen LogP contribution in [-0.4, -0.2) is 30.4 Å². The van der Waals surface area contributed by atoms with Crippen molar-refractivity contribution in [2.45, 2.75) is 33.2 Å². The van der Waals surface area contributed by atoms with E-state index in [2.05, 4.69) is 13.8 Å². The Kier molecular flexibility index (Phi) is 7.76. The van der Waals surface area contributed by atoms with Crippen LogP contribution in [0.15, 0.2) is 18.2 Å². The summed E-state index contributed by atoms with van der Waals surface area (Å²) >= 11 is 0. The van der Waals surface area contributed by atoms with E-state index in [1.54, 1.807) is 24.9 Å². The van der Waals surface area contributed by atoms with Crippen LogP contribution in [0.4, 0.5) is 4.39 Å². The maximum Gasteiger partial charge on any atom is 0.253 e. The minimum Gasteiger partial charge on any atom is -0.342 e. The molecule has 1 aromatic rings. The summed E-state index contributed by atoms with van der Waals surface area (Å²) in [6.07, 6.45) is 0.744. The molecule has 1 atom stereocenters. The highest BCUT2D eigenvalue weighted by atomic mass is 35.5. The molecule has 114 valence electrons. The van der Waals surface area contributed by atoms with E-state index in [9.17, 15) is 9.18 Å². The van der Waals surface area contributed by atoms with Crippen molar-refractivity contribution in [1.29, 1.82) is 0 Å². The van der Waals surface area contributed by atoms with Crippen molar-refractivity contribution in [3.8, 4) is 0 Å². The molecule has 0 bridgehead atoms. The third-order valence-corrected chi connectivity index (χ3v) is 3.43. The van der Waals surface area contributed by atoms with Crippen molar-refractivity contribution in [3.05, 3.63) is 35.1 Å². The van der Waals surface area contributed by atoms with Crippen molar-refractivity contribution >= 4 is 18.3 Å². The third kappa shape index (κ3) is 5.10. The lowest BCUT2D eigenvalue weighted by molar-refractivity contribution is 0.0788. The molecule has 1 aromatic carbocycles. The summed E-state index contributed by atoms with van der Waals surface area (Å²) in [5, 5.41) is 0. The first-order valence-corrected chi connectivity index (χ1v) is 6.60. The average Bonchev–Trinajstić information content (AvgIpc) is 2.37. The van der Waals surface area contributed by atoms with E-state index in [0.717, 1.165) is 12.0 Å². The molecule has 2 N–H and O–H groups in total. The van der Waals surface area contributed by atoms with Gasteiger partial charge in [0.05, 0.1) is 0 Å². The summed E-state index contributed by atoms with van der Waals surface area (Å²) < 4.78 is 13.2. The molecule has 0 saturated carbocycles. The molecule has 0 aliphatic carbocycles. The zero-order chi connectivity index (χ0) is 14.6. The molecule has 0 fully saturated rings. The second-order valence-electron chi connectivity index (χ2n) is 5.38. The fraction of sp³-hybridized carbons (Fsp3) is 0.533. The van der Waals surface area contributed by atoms with Crippen molar-refractivity contribution in [3.63, 3.8) is 0 Å². The van der Waals surface area contributed by atoms with E-state index >= 15 is 0 Å². The van der Waals surface area contributed by atoms with Gasteiger partial charge in [-0.1, -0.05) is 19.9 Å². The first-order valence-electron chi connectivity index (χ1n) is 6.60. The number of halogens is 2. The largest absolute Gasteiger partial charge is 0.342 e. The van der Waals surface area contributed by atoms with Gasteiger partial charge in [-0.15, -0.1) is 12.4 Å². The molecular formula is C15H24ClFN2O. The molecule has 5 heteroatoms. The molecule has 0 aliphatic rings. The maximum atomic E-state index is 13.2. The summed E-state index contributed by atoms with van der Waals surface area (Å²) in [5.74, 6) is -0.159. The normalized spacial score (nSPS) is 11.9. The van der Waals surface area contributed by atoms with Crippen molar-refractivity contribution in [2.75, 3.05) is 13.6 Å². The van der Waals surface area contributed by atoms with Gasteiger partial charge in [0.15, 0.2) is 0 Å². The van der Waals surface area contributed by atoms with Crippen LogP contribution < -0.4 is 5.73 Å². The van der Waals surface area contributed by atoms with Crippen LogP contribution in [0, 0.1) is 18.7 Å². The molecule has 1 unspecified atom stereocenters. The number of hydrogen-bond donors (Lipinski definition) is 1. The van der Waals surface area contributed by atoms with E-state index in [4.69, 9.17) is 5.73 Å². The molecule has 1 amide bonds. The highest BCUT2D eigenvalue weighted by molar-refractivity contribution is 5.95. The minimum absolute atomic E-state index is 0. The number of benzene rings is 1. The van der Waals surface area contributed by atoms with Gasteiger partial charge in [-0.05, 0) is 37.0 Å². The molecule has 0 radical (unpaired) electrons. The van der Waals surface area contributed by atoms with E-state index < -0.39 is 0 Å². The van der Waals surface area contributed by atoms with E-state index in [1.165, 1.54) is 12.1 Å². The van der Waals surface area contributed by atoms with E-state index in [-0.39, 0.29) is 30.2 Å². The number of carbonyl (C=O) groups excluding carboxylic acids is 1. The van der Waals surface area contributed by atoms with Gasteiger partial charge in [-0.3, -0.25) is 4.79 Å².